The van der Waals surface area contributed by atoms with Crippen molar-refractivity contribution in [2.24, 2.45) is 0 Å². The molecule has 0 aliphatic rings. The maximum Gasteiger partial charge on any atom is 0.294 e. The molecule has 3 N–H and O–H groups in total. The van der Waals surface area contributed by atoms with E-state index in [1.807, 2.05) is 24.3 Å². The summed E-state index contributed by atoms with van der Waals surface area (Å²) >= 11 is 0. The number of hydrogen-bond donors (Lipinski definition) is 2. The minimum Gasteiger partial charge on any atom is -0.399 e. The molecule has 0 unspecified atom stereocenters. The highest BCUT2D eigenvalue weighted by Gasteiger charge is 2.15. The zero-order chi connectivity index (χ0) is 14.7. The van der Waals surface area contributed by atoms with E-state index < -0.39 is 4.92 Å². The molecule has 0 atom stereocenters. The molecule has 5 heteroatoms. The third-order valence-electron chi connectivity index (χ3n) is 3.07. The first-order valence-electron chi connectivity index (χ1n) is 6.39. The highest BCUT2D eigenvalue weighted by Crippen LogP contribution is 2.32. The second-order valence-electron chi connectivity index (χ2n) is 4.90. The lowest BCUT2D eigenvalue weighted by atomic mass is 10.0. The fourth-order valence-electron chi connectivity index (χ4n) is 2.06. The van der Waals surface area contributed by atoms with E-state index in [0.717, 1.165) is 11.3 Å². The lowest BCUT2D eigenvalue weighted by Gasteiger charge is -2.14. The zero-order valence-electron chi connectivity index (χ0n) is 11.5. The van der Waals surface area contributed by atoms with Gasteiger partial charge in [-0.25, -0.2) is 0 Å². The van der Waals surface area contributed by atoms with Gasteiger partial charge in [0.25, 0.3) is 5.69 Å². The van der Waals surface area contributed by atoms with Gasteiger partial charge in [0.1, 0.15) is 5.69 Å². The number of anilines is 3. The number of nitrogen functional groups attached to an aromatic ring is 1. The lowest BCUT2D eigenvalue weighted by molar-refractivity contribution is -0.383. The number of hydrogen-bond acceptors (Lipinski definition) is 4. The Hall–Kier alpha value is -2.56. The van der Waals surface area contributed by atoms with Gasteiger partial charge in [-0.1, -0.05) is 32.0 Å². The molecule has 0 fully saturated rings. The Kier molecular flexibility index (Phi) is 3.89. The third-order valence-corrected chi connectivity index (χ3v) is 3.07. The molecule has 0 saturated heterocycles. The lowest BCUT2D eigenvalue weighted by Crippen LogP contribution is -2.01. The summed E-state index contributed by atoms with van der Waals surface area (Å²) in [5.74, 6) is 0.325. The second kappa shape index (κ2) is 5.61. The van der Waals surface area contributed by atoms with Gasteiger partial charge in [-0.2, -0.15) is 0 Å². The zero-order valence-corrected chi connectivity index (χ0v) is 11.5. The second-order valence-corrected chi connectivity index (χ2v) is 4.90. The molecule has 0 radical (unpaired) electrons. The van der Waals surface area contributed by atoms with Gasteiger partial charge in [-0.05, 0) is 29.7 Å². The van der Waals surface area contributed by atoms with Gasteiger partial charge in [-0.3, -0.25) is 10.1 Å². The number of nitrogens with one attached hydrogen (secondary N) is 1. The molecule has 2 rings (SSSR count). The van der Waals surface area contributed by atoms with Crippen molar-refractivity contribution >= 4 is 22.7 Å². The Labute approximate surface area is 117 Å². The van der Waals surface area contributed by atoms with Crippen molar-refractivity contribution < 1.29 is 4.92 Å². The van der Waals surface area contributed by atoms with E-state index in [9.17, 15) is 10.1 Å². The minimum atomic E-state index is -0.434. The van der Waals surface area contributed by atoms with E-state index in [2.05, 4.69) is 19.2 Å². The number of para-hydroxylation sites is 1. The highest BCUT2D eigenvalue weighted by atomic mass is 16.6. The molecule has 20 heavy (non-hydrogen) atoms. The summed E-state index contributed by atoms with van der Waals surface area (Å²) in [5.41, 5.74) is 8.38. The average Bonchev–Trinajstić information content (AvgIpc) is 2.41. The van der Waals surface area contributed by atoms with Crippen LogP contribution in [0.25, 0.3) is 0 Å². The molecule has 2 aromatic rings. The van der Waals surface area contributed by atoms with Crippen molar-refractivity contribution in [3.63, 3.8) is 0 Å². The molecule has 2 aromatic carbocycles. The van der Waals surface area contributed by atoms with E-state index >= 15 is 0 Å². The van der Waals surface area contributed by atoms with E-state index in [0.29, 0.717) is 17.3 Å². The normalized spacial score (nSPS) is 10.6. The maximum absolute atomic E-state index is 11.1. The topological polar surface area (TPSA) is 81.2 Å². The van der Waals surface area contributed by atoms with Gasteiger partial charge in [0.2, 0.25) is 0 Å². The van der Waals surface area contributed by atoms with E-state index in [4.69, 9.17) is 5.73 Å². The van der Waals surface area contributed by atoms with Crippen molar-refractivity contribution in [1.82, 2.24) is 0 Å². The molecule has 104 valence electrons. The van der Waals surface area contributed by atoms with Gasteiger partial charge >= 0.3 is 0 Å². The molecule has 0 heterocycles. The van der Waals surface area contributed by atoms with E-state index in [-0.39, 0.29) is 5.69 Å². The molecule has 0 aromatic heterocycles. The Morgan fingerprint density at radius 2 is 1.85 bits per heavy atom. The van der Waals surface area contributed by atoms with Crippen LogP contribution in [-0.2, 0) is 0 Å². The van der Waals surface area contributed by atoms with Crippen molar-refractivity contribution in [3.8, 4) is 0 Å². The van der Waals surface area contributed by atoms with Crippen LogP contribution < -0.4 is 11.1 Å². The van der Waals surface area contributed by atoms with Crippen molar-refractivity contribution in [2.45, 2.75) is 19.8 Å². The van der Waals surface area contributed by atoms with Gasteiger partial charge in [0.15, 0.2) is 0 Å². The van der Waals surface area contributed by atoms with Gasteiger partial charge in [-0.15, -0.1) is 0 Å². The summed E-state index contributed by atoms with van der Waals surface area (Å²) < 4.78 is 0. The van der Waals surface area contributed by atoms with Crippen molar-refractivity contribution in [1.29, 1.82) is 0 Å². The molecular weight excluding hydrogens is 254 g/mol. The Morgan fingerprint density at radius 1 is 1.15 bits per heavy atom. The van der Waals surface area contributed by atoms with Gasteiger partial charge in [0.05, 0.1) is 4.92 Å². The van der Waals surface area contributed by atoms with E-state index in [1.54, 1.807) is 12.1 Å². The maximum atomic E-state index is 11.1. The number of nitrogens with two attached hydrogens (primary N) is 1. The summed E-state index contributed by atoms with van der Waals surface area (Å²) in [4.78, 5) is 10.7. The van der Waals surface area contributed by atoms with Crippen LogP contribution in [0.4, 0.5) is 22.7 Å². The fraction of sp³-hybridized carbons (Fsp3) is 0.200. The highest BCUT2D eigenvalue weighted by molar-refractivity contribution is 5.74. The Bertz CT molecular complexity index is 639. The fourth-order valence-corrected chi connectivity index (χ4v) is 2.06. The number of nitro benzene ring substituents is 1. The van der Waals surface area contributed by atoms with Gasteiger partial charge < -0.3 is 11.1 Å². The van der Waals surface area contributed by atoms with Crippen molar-refractivity contribution in [2.75, 3.05) is 11.1 Å². The molecular formula is C15H17N3O2. The quantitative estimate of drug-likeness (QED) is 0.499. The van der Waals surface area contributed by atoms with E-state index in [1.165, 1.54) is 6.07 Å². The summed E-state index contributed by atoms with van der Waals surface area (Å²) in [5, 5.41) is 14.2. The first-order chi connectivity index (χ1) is 9.49. The summed E-state index contributed by atoms with van der Waals surface area (Å²) in [7, 11) is 0. The smallest absolute Gasteiger partial charge is 0.294 e. The molecule has 5 nitrogen and oxygen atoms in total. The van der Waals surface area contributed by atoms with Crippen LogP contribution in [0.3, 0.4) is 0 Å². The monoisotopic (exact) mass is 271 g/mol. The predicted molar refractivity (Wildman–Crippen MR) is 81.3 cm³/mol. The largest absolute Gasteiger partial charge is 0.399 e. The predicted octanol–water partition coefficient (Wildman–Crippen LogP) is 4.04. The molecule has 0 bridgehead atoms. The number of nitrogens with zero attached hydrogens (tertiary/aromatic N) is 1. The third kappa shape index (κ3) is 2.88. The number of benzene rings is 2. The van der Waals surface area contributed by atoms with Crippen LogP contribution in [0.15, 0.2) is 42.5 Å². The first kappa shape index (κ1) is 13.9. The average molecular weight is 271 g/mol. The van der Waals surface area contributed by atoms with Crippen LogP contribution in [0.2, 0.25) is 0 Å². The van der Waals surface area contributed by atoms with Crippen LogP contribution in [-0.4, -0.2) is 4.92 Å². The molecule has 0 saturated carbocycles. The van der Waals surface area contributed by atoms with Crippen LogP contribution in [0, 0.1) is 10.1 Å². The summed E-state index contributed by atoms with van der Waals surface area (Å²) in [6.07, 6.45) is 0. The summed E-state index contributed by atoms with van der Waals surface area (Å²) in [6.45, 7) is 4.16. The van der Waals surface area contributed by atoms with Crippen LogP contribution in [0.5, 0.6) is 0 Å². The van der Waals surface area contributed by atoms with Crippen molar-refractivity contribution in [3.05, 3.63) is 58.1 Å². The molecule has 0 amide bonds. The van der Waals surface area contributed by atoms with Crippen LogP contribution >= 0.6 is 0 Å². The van der Waals surface area contributed by atoms with Crippen LogP contribution in [0.1, 0.15) is 25.3 Å². The number of rotatable bonds is 4. The first-order valence-corrected chi connectivity index (χ1v) is 6.39. The minimum absolute atomic E-state index is 0.0245. The Balaban J connectivity index is 2.43. The van der Waals surface area contributed by atoms with Gasteiger partial charge in [0, 0.05) is 17.4 Å². The molecule has 0 aliphatic carbocycles. The number of nitro groups is 1. The molecule has 0 spiro atoms. The summed E-state index contributed by atoms with van der Waals surface area (Å²) in [6, 6.07) is 12.4. The molecule has 0 aliphatic heterocycles. The Morgan fingerprint density at radius 3 is 2.50 bits per heavy atom. The SMILES string of the molecule is CC(C)c1ccccc1Nc1ccc(N)cc1[N+](=O)[O-]. The standard InChI is InChI=1S/C15H17N3O2/c1-10(2)12-5-3-4-6-13(12)17-14-8-7-11(16)9-15(14)18(19)20/h3-10,17H,16H2,1-2H3.